The maximum absolute atomic E-state index is 12.2. The maximum atomic E-state index is 12.2. The summed E-state index contributed by atoms with van der Waals surface area (Å²) < 4.78 is 0. The Kier molecular flexibility index (Phi) is 5.02. The normalized spacial score (nSPS) is 14.3. The van der Waals surface area contributed by atoms with E-state index in [0.717, 1.165) is 22.9 Å². The van der Waals surface area contributed by atoms with Crippen molar-refractivity contribution in [2.24, 2.45) is 11.7 Å². The average Bonchev–Trinajstić information content (AvgIpc) is 2.87. The van der Waals surface area contributed by atoms with Crippen LogP contribution >= 0.6 is 0 Å². The lowest BCUT2D eigenvalue weighted by Crippen LogP contribution is -2.47. The molecule has 2 aromatic rings. The first kappa shape index (κ1) is 15.6. The molecule has 0 aliphatic carbocycles. The maximum Gasteiger partial charge on any atom is 0.237 e. The van der Waals surface area contributed by atoms with Crippen LogP contribution in [-0.2, 0) is 11.2 Å². The van der Waals surface area contributed by atoms with Gasteiger partial charge >= 0.3 is 0 Å². The molecule has 0 radical (unpaired) electrons. The molecule has 1 heterocycles. The van der Waals surface area contributed by atoms with Crippen LogP contribution in [0.15, 0.2) is 30.5 Å². The van der Waals surface area contributed by atoms with E-state index in [1.165, 1.54) is 0 Å². The molecular weight excluding hydrogens is 262 g/mol. The smallest absolute Gasteiger partial charge is 0.237 e. The minimum atomic E-state index is -0.517. The Labute approximate surface area is 126 Å². The number of nitrogens with two attached hydrogens (primary N) is 1. The SMILES string of the molecule is CCC(NC(=O)[C@H](N)Cc1c[nH]c2ccccc12)C(C)C. The van der Waals surface area contributed by atoms with E-state index >= 15 is 0 Å². The Morgan fingerprint density at radius 1 is 1.33 bits per heavy atom. The molecule has 1 aromatic heterocycles. The van der Waals surface area contributed by atoms with Crippen molar-refractivity contribution in [1.29, 1.82) is 0 Å². The summed E-state index contributed by atoms with van der Waals surface area (Å²) in [5.41, 5.74) is 8.24. The fourth-order valence-electron chi connectivity index (χ4n) is 2.66. The van der Waals surface area contributed by atoms with E-state index < -0.39 is 6.04 Å². The van der Waals surface area contributed by atoms with Gasteiger partial charge < -0.3 is 16.0 Å². The summed E-state index contributed by atoms with van der Waals surface area (Å²) in [6.45, 7) is 6.30. The van der Waals surface area contributed by atoms with Crippen molar-refractivity contribution in [2.45, 2.75) is 45.7 Å². The van der Waals surface area contributed by atoms with Gasteiger partial charge in [0.15, 0.2) is 0 Å². The van der Waals surface area contributed by atoms with Crippen LogP contribution in [0.5, 0.6) is 0 Å². The van der Waals surface area contributed by atoms with Crippen molar-refractivity contribution in [3.8, 4) is 0 Å². The molecule has 0 saturated heterocycles. The number of benzene rings is 1. The van der Waals surface area contributed by atoms with E-state index in [9.17, 15) is 4.79 Å². The number of aromatic amines is 1. The molecule has 4 heteroatoms. The third-order valence-electron chi connectivity index (χ3n) is 4.02. The summed E-state index contributed by atoms with van der Waals surface area (Å²) >= 11 is 0. The number of H-pyrrole nitrogens is 1. The second-order valence-electron chi connectivity index (χ2n) is 5.94. The molecule has 0 spiro atoms. The zero-order chi connectivity index (χ0) is 15.4. The number of aromatic nitrogens is 1. The van der Waals surface area contributed by atoms with Crippen LogP contribution in [0.1, 0.15) is 32.8 Å². The monoisotopic (exact) mass is 287 g/mol. The lowest BCUT2D eigenvalue weighted by atomic mass is 10.00. The Bertz CT molecular complexity index is 603. The third-order valence-corrected chi connectivity index (χ3v) is 4.02. The molecule has 0 aliphatic rings. The topological polar surface area (TPSA) is 70.9 Å². The van der Waals surface area contributed by atoms with E-state index in [-0.39, 0.29) is 11.9 Å². The van der Waals surface area contributed by atoms with Crippen LogP contribution < -0.4 is 11.1 Å². The fraction of sp³-hybridized carbons (Fsp3) is 0.471. The van der Waals surface area contributed by atoms with Crippen molar-refractivity contribution < 1.29 is 4.79 Å². The van der Waals surface area contributed by atoms with Crippen molar-refractivity contribution in [3.63, 3.8) is 0 Å². The standard InChI is InChI=1S/C17H25N3O/c1-4-15(11(2)3)20-17(21)14(18)9-12-10-19-16-8-6-5-7-13(12)16/h5-8,10-11,14-15,19H,4,9,18H2,1-3H3,(H,20,21)/t14-,15?/m1/s1. The highest BCUT2D eigenvalue weighted by molar-refractivity contribution is 5.86. The van der Waals surface area contributed by atoms with Crippen LogP contribution in [0.25, 0.3) is 10.9 Å². The quantitative estimate of drug-likeness (QED) is 0.764. The number of para-hydroxylation sites is 1. The van der Waals surface area contributed by atoms with Gasteiger partial charge in [-0.3, -0.25) is 4.79 Å². The highest BCUT2D eigenvalue weighted by Crippen LogP contribution is 2.18. The van der Waals surface area contributed by atoms with Crippen molar-refractivity contribution >= 4 is 16.8 Å². The van der Waals surface area contributed by atoms with Crippen LogP contribution in [0.4, 0.5) is 0 Å². The number of hydrogen-bond donors (Lipinski definition) is 3. The van der Waals surface area contributed by atoms with E-state index in [2.05, 4.69) is 37.1 Å². The molecule has 1 unspecified atom stereocenters. The third kappa shape index (κ3) is 3.64. The number of amides is 1. The summed E-state index contributed by atoms with van der Waals surface area (Å²) in [6.07, 6.45) is 3.41. The van der Waals surface area contributed by atoms with Gasteiger partial charge in [0.2, 0.25) is 5.91 Å². The number of hydrogen-bond acceptors (Lipinski definition) is 2. The van der Waals surface area contributed by atoms with E-state index in [1.807, 2.05) is 24.4 Å². The molecule has 2 atom stereocenters. The minimum absolute atomic E-state index is 0.0687. The van der Waals surface area contributed by atoms with Gasteiger partial charge in [-0.1, -0.05) is 39.0 Å². The fourth-order valence-corrected chi connectivity index (χ4v) is 2.66. The Morgan fingerprint density at radius 2 is 2.05 bits per heavy atom. The minimum Gasteiger partial charge on any atom is -0.361 e. The van der Waals surface area contributed by atoms with Crippen LogP contribution in [0, 0.1) is 5.92 Å². The van der Waals surface area contributed by atoms with Gasteiger partial charge in [-0.15, -0.1) is 0 Å². The lowest BCUT2D eigenvalue weighted by molar-refractivity contribution is -0.123. The summed E-state index contributed by atoms with van der Waals surface area (Å²) in [7, 11) is 0. The first-order valence-corrected chi connectivity index (χ1v) is 7.63. The number of fused-ring (bicyclic) bond motifs is 1. The number of nitrogens with one attached hydrogen (secondary N) is 2. The first-order valence-electron chi connectivity index (χ1n) is 7.63. The molecule has 0 bridgehead atoms. The summed E-state index contributed by atoms with van der Waals surface area (Å²) in [5.74, 6) is 0.347. The molecule has 1 amide bonds. The molecule has 4 N–H and O–H groups in total. The number of carbonyl (C=O) groups excluding carboxylic acids is 1. The van der Waals surface area contributed by atoms with Gasteiger partial charge in [0, 0.05) is 23.1 Å². The van der Waals surface area contributed by atoms with Crippen molar-refractivity contribution in [3.05, 3.63) is 36.0 Å². The zero-order valence-corrected chi connectivity index (χ0v) is 13.0. The first-order chi connectivity index (χ1) is 10.0. The van der Waals surface area contributed by atoms with Gasteiger partial charge in [-0.05, 0) is 30.4 Å². The predicted molar refractivity (Wildman–Crippen MR) is 87.0 cm³/mol. The van der Waals surface area contributed by atoms with Gasteiger partial charge in [-0.25, -0.2) is 0 Å². The summed E-state index contributed by atoms with van der Waals surface area (Å²) in [5, 5.41) is 4.19. The molecule has 2 rings (SSSR count). The van der Waals surface area contributed by atoms with E-state index in [1.54, 1.807) is 0 Å². The molecule has 1 aromatic carbocycles. The van der Waals surface area contributed by atoms with Gasteiger partial charge in [0.25, 0.3) is 0 Å². The van der Waals surface area contributed by atoms with E-state index in [0.29, 0.717) is 12.3 Å². The van der Waals surface area contributed by atoms with Crippen LogP contribution in [-0.4, -0.2) is 23.0 Å². The average molecular weight is 287 g/mol. The van der Waals surface area contributed by atoms with E-state index in [4.69, 9.17) is 5.73 Å². The van der Waals surface area contributed by atoms with Gasteiger partial charge in [0.05, 0.1) is 6.04 Å². The summed E-state index contributed by atoms with van der Waals surface area (Å²) in [4.78, 5) is 15.4. The van der Waals surface area contributed by atoms with Crippen molar-refractivity contribution in [2.75, 3.05) is 0 Å². The number of rotatable bonds is 6. The highest BCUT2D eigenvalue weighted by atomic mass is 16.2. The molecule has 0 aliphatic heterocycles. The number of carbonyl (C=O) groups is 1. The van der Waals surface area contributed by atoms with Crippen LogP contribution in [0.3, 0.4) is 0 Å². The predicted octanol–water partition coefficient (Wildman–Crippen LogP) is 2.59. The molecular formula is C17H25N3O. The zero-order valence-electron chi connectivity index (χ0n) is 13.0. The summed E-state index contributed by atoms with van der Waals surface area (Å²) in [6, 6.07) is 7.73. The second-order valence-corrected chi connectivity index (χ2v) is 5.94. The van der Waals surface area contributed by atoms with Crippen molar-refractivity contribution in [1.82, 2.24) is 10.3 Å². The van der Waals surface area contributed by atoms with Crippen LogP contribution in [0.2, 0.25) is 0 Å². The second kappa shape index (κ2) is 6.76. The molecule has 114 valence electrons. The lowest BCUT2D eigenvalue weighted by Gasteiger charge is -2.22. The highest BCUT2D eigenvalue weighted by Gasteiger charge is 2.20. The van der Waals surface area contributed by atoms with Gasteiger partial charge in [-0.2, -0.15) is 0 Å². The Hall–Kier alpha value is -1.81. The largest absolute Gasteiger partial charge is 0.361 e. The Morgan fingerprint density at radius 3 is 2.71 bits per heavy atom. The molecule has 4 nitrogen and oxygen atoms in total. The molecule has 0 fully saturated rings. The molecule has 21 heavy (non-hydrogen) atoms. The molecule has 0 saturated carbocycles. The van der Waals surface area contributed by atoms with Gasteiger partial charge in [0.1, 0.15) is 0 Å². The Balaban J connectivity index is 2.03.